The van der Waals surface area contributed by atoms with Crippen LogP contribution in [0.4, 0.5) is 5.69 Å². The van der Waals surface area contributed by atoms with E-state index in [2.05, 4.69) is 5.32 Å². The average molecular weight is 314 g/mol. The summed E-state index contributed by atoms with van der Waals surface area (Å²) in [5.41, 5.74) is 0.539. The molecule has 0 atom stereocenters. The van der Waals surface area contributed by atoms with Crippen LogP contribution < -0.4 is 14.4 Å². The second kappa shape index (κ2) is 7.31. The summed E-state index contributed by atoms with van der Waals surface area (Å²) >= 11 is 0. The molecule has 0 saturated carbocycles. The second-order valence-corrected chi connectivity index (χ2v) is 6.89. The van der Waals surface area contributed by atoms with Crippen LogP contribution in [-0.2, 0) is 14.8 Å². The minimum atomic E-state index is -3.41. The van der Waals surface area contributed by atoms with Crippen molar-refractivity contribution in [3.05, 3.63) is 24.3 Å². The number of nitrogens with zero attached hydrogens (tertiary/aromatic N) is 1. The van der Waals surface area contributed by atoms with Crippen molar-refractivity contribution in [2.24, 2.45) is 5.92 Å². The fourth-order valence-electron chi connectivity index (χ4n) is 1.72. The number of nitrogens with one attached hydrogen (secondary N) is 1. The van der Waals surface area contributed by atoms with Gasteiger partial charge in [-0.15, -0.1) is 0 Å². The number of methoxy groups -OCH3 is 1. The molecule has 0 aromatic heterocycles. The van der Waals surface area contributed by atoms with Gasteiger partial charge in [-0.2, -0.15) is 0 Å². The first-order valence-corrected chi connectivity index (χ1v) is 8.50. The van der Waals surface area contributed by atoms with Gasteiger partial charge >= 0.3 is 0 Å². The summed E-state index contributed by atoms with van der Waals surface area (Å²) in [7, 11) is -1.87. The molecule has 0 unspecified atom stereocenters. The molecular weight excluding hydrogens is 292 g/mol. The molecule has 21 heavy (non-hydrogen) atoms. The molecule has 1 amide bonds. The predicted molar refractivity (Wildman–Crippen MR) is 83.0 cm³/mol. The van der Waals surface area contributed by atoms with Gasteiger partial charge in [0.25, 0.3) is 0 Å². The maximum atomic E-state index is 11.9. The van der Waals surface area contributed by atoms with Gasteiger partial charge in [0.1, 0.15) is 5.75 Å². The molecule has 118 valence electrons. The molecule has 0 fully saturated rings. The molecule has 1 N–H and O–H groups in total. The van der Waals surface area contributed by atoms with Crippen LogP contribution in [0.2, 0.25) is 0 Å². The van der Waals surface area contributed by atoms with E-state index < -0.39 is 10.0 Å². The highest BCUT2D eigenvalue weighted by atomic mass is 32.2. The molecule has 1 aromatic rings. The minimum Gasteiger partial charge on any atom is -0.497 e. The zero-order valence-electron chi connectivity index (χ0n) is 12.8. The van der Waals surface area contributed by atoms with Gasteiger partial charge in [-0.3, -0.25) is 9.10 Å². The molecule has 0 heterocycles. The number of amides is 1. The van der Waals surface area contributed by atoms with Gasteiger partial charge < -0.3 is 10.1 Å². The van der Waals surface area contributed by atoms with E-state index in [-0.39, 0.29) is 24.9 Å². The van der Waals surface area contributed by atoms with Crippen LogP contribution in [0.1, 0.15) is 13.8 Å². The normalized spacial score (nSPS) is 11.3. The molecule has 0 saturated heterocycles. The highest BCUT2D eigenvalue weighted by Gasteiger charge is 2.17. The molecule has 0 spiro atoms. The molecule has 0 aliphatic heterocycles. The number of hydrogen-bond donors (Lipinski definition) is 1. The predicted octanol–water partition coefficient (Wildman–Crippen LogP) is 1.23. The molecule has 6 nitrogen and oxygen atoms in total. The van der Waals surface area contributed by atoms with Crippen molar-refractivity contribution in [3.63, 3.8) is 0 Å². The highest BCUT2D eigenvalue weighted by molar-refractivity contribution is 7.92. The Morgan fingerprint density at radius 2 is 1.86 bits per heavy atom. The molecule has 0 aliphatic carbocycles. The second-order valence-electron chi connectivity index (χ2n) is 4.98. The molecule has 0 radical (unpaired) electrons. The number of carbonyl (C=O) groups excluding carboxylic acids is 1. The first-order valence-electron chi connectivity index (χ1n) is 6.65. The van der Waals surface area contributed by atoms with E-state index in [0.29, 0.717) is 11.4 Å². The lowest BCUT2D eigenvalue weighted by Crippen LogP contribution is -2.39. The third-order valence-electron chi connectivity index (χ3n) is 2.90. The van der Waals surface area contributed by atoms with Crippen LogP contribution in [0.25, 0.3) is 0 Å². The number of sulfonamides is 1. The van der Waals surface area contributed by atoms with E-state index in [1.165, 1.54) is 4.31 Å². The van der Waals surface area contributed by atoms with Crippen molar-refractivity contribution in [2.45, 2.75) is 13.8 Å². The largest absolute Gasteiger partial charge is 0.497 e. The monoisotopic (exact) mass is 314 g/mol. The van der Waals surface area contributed by atoms with Crippen molar-refractivity contribution in [1.29, 1.82) is 0 Å². The van der Waals surface area contributed by atoms with Crippen LogP contribution in [0.5, 0.6) is 5.75 Å². The quantitative estimate of drug-likeness (QED) is 0.821. The fraction of sp³-hybridized carbons (Fsp3) is 0.500. The number of anilines is 1. The van der Waals surface area contributed by atoms with Crippen molar-refractivity contribution in [2.75, 3.05) is 30.8 Å². The topological polar surface area (TPSA) is 75.7 Å². The summed E-state index contributed by atoms with van der Waals surface area (Å²) < 4.78 is 30.1. The number of carbonyl (C=O) groups is 1. The number of hydrogen-bond acceptors (Lipinski definition) is 4. The summed E-state index contributed by atoms with van der Waals surface area (Å²) in [6.45, 7) is 4.01. The van der Waals surface area contributed by atoms with Crippen LogP contribution in [0.15, 0.2) is 24.3 Å². The van der Waals surface area contributed by atoms with Crippen LogP contribution in [0, 0.1) is 5.92 Å². The van der Waals surface area contributed by atoms with Crippen molar-refractivity contribution >= 4 is 21.6 Å². The van der Waals surface area contributed by atoms with Crippen LogP contribution in [-0.4, -0.2) is 40.8 Å². The molecule has 1 rings (SSSR count). The Morgan fingerprint density at radius 1 is 1.29 bits per heavy atom. The Morgan fingerprint density at radius 3 is 2.29 bits per heavy atom. The smallest absolute Gasteiger partial charge is 0.232 e. The summed E-state index contributed by atoms with van der Waals surface area (Å²) in [6.07, 6.45) is 1.14. The molecular formula is C14H22N2O4S. The van der Waals surface area contributed by atoms with Gasteiger partial charge in [-0.1, -0.05) is 13.8 Å². The number of benzene rings is 1. The summed E-state index contributed by atoms with van der Waals surface area (Å²) in [5, 5.41) is 2.71. The molecule has 0 aliphatic rings. The lowest BCUT2D eigenvalue weighted by atomic mass is 10.2. The Labute approximate surface area is 126 Å². The summed E-state index contributed by atoms with van der Waals surface area (Å²) in [4.78, 5) is 11.5. The standard InChI is InChI=1S/C14H22N2O4S/c1-11(2)14(17)15-9-10-16(21(4,18)19)12-5-7-13(20-3)8-6-12/h5-8,11H,9-10H2,1-4H3,(H,15,17). The molecule has 0 bridgehead atoms. The van der Waals surface area contributed by atoms with Crippen LogP contribution >= 0.6 is 0 Å². The summed E-state index contributed by atoms with van der Waals surface area (Å²) in [5.74, 6) is 0.427. The van der Waals surface area contributed by atoms with Gasteiger partial charge in [0, 0.05) is 12.5 Å². The van der Waals surface area contributed by atoms with E-state index in [1.807, 2.05) is 0 Å². The Kier molecular flexibility index (Phi) is 6.02. The SMILES string of the molecule is COc1ccc(N(CCNC(=O)C(C)C)S(C)(=O)=O)cc1. The van der Waals surface area contributed by atoms with Crippen molar-refractivity contribution < 1.29 is 17.9 Å². The maximum Gasteiger partial charge on any atom is 0.232 e. The van der Waals surface area contributed by atoms with E-state index in [4.69, 9.17) is 4.74 Å². The highest BCUT2D eigenvalue weighted by Crippen LogP contribution is 2.20. The van der Waals surface area contributed by atoms with Gasteiger partial charge in [-0.05, 0) is 24.3 Å². The van der Waals surface area contributed by atoms with Crippen molar-refractivity contribution in [3.8, 4) is 5.75 Å². The molecule has 1 aromatic carbocycles. The van der Waals surface area contributed by atoms with E-state index in [9.17, 15) is 13.2 Å². The van der Waals surface area contributed by atoms with E-state index in [0.717, 1.165) is 6.26 Å². The first-order chi connectivity index (χ1) is 9.75. The van der Waals surface area contributed by atoms with Gasteiger partial charge in [0.05, 0.1) is 25.6 Å². The molecule has 7 heteroatoms. The van der Waals surface area contributed by atoms with Gasteiger partial charge in [0.2, 0.25) is 15.9 Å². The Balaban J connectivity index is 2.79. The number of rotatable bonds is 7. The maximum absolute atomic E-state index is 11.9. The van der Waals surface area contributed by atoms with Gasteiger partial charge in [0.15, 0.2) is 0 Å². The fourth-order valence-corrected chi connectivity index (χ4v) is 2.65. The zero-order chi connectivity index (χ0) is 16.0. The Hall–Kier alpha value is -1.76. The lowest BCUT2D eigenvalue weighted by molar-refractivity contribution is -0.123. The average Bonchev–Trinajstić information content (AvgIpc) is 2.42. The number of ether oxygens (including phenoxy) is 1. The van der Waals surface area contributed by atoms with E-state index >= 15 is 0 Å². The zero-order valence-corrected chi connectivity index (χ0v) is 13.6. The first kappa shape index (κ1) is 17.3. The third-order valence-corrected chi connectivity index (χ3v) is 4.09. The van der Waals surface area contributed by atoms with Crippen molar-refractivity contribution in [1.82, 2.24) is 5.32 Å². The Bertz CT molecular complexity index is 567. The third kappa shape index (κ3) is 5.26. The van der Waals surface area contributed by atoms with Crippen LogP contribution in [0.3, 0.4) is 0 Å². The van der Waals surface area contributed by atoms with Gasteiger partial charge in [-0.25, -0.2) is 8.42 Å². The minimum absolute atomic E-state index is 0.0989. The van der Waals surface area contributed by atoms with E-state index in [1.54, 1.807) is 45.2 Å². The lowest BCUT2D eigenvalue weighted by Gasteiger charge is -2.23. The summed E-state index contributed by atoms with van der Waals surface area (Å²) in [6, 6.07) is 6.73.